The molecule has 8 heteroatoms. The normalized spacial score (nSPS) is 17.5. The van der Waals surface area contributed by atoms with E-state index in [1.54, 1.807) is 17.0 Å². The summed E-state index contributed by atoms with van der Waals surface area (Å²) in [5.74, 6) is -0.306. The molecule has 0 spiro atoms. The Balaban J connectivity index is 1.46. The van der Waals surface area contributed by atoms with Crippen LogP contribution in [0, 0.1) is 0 Å². The molecule has 0 radical (unpaired) electrons. The number of benzene rings is 2. The van der Waals surface area contributed by atoms with Crippen LogP contribution in [0.25, 0.3) is 0 Å². The highest BCUT2D eigenvalue weighted by atomic mass is 35.5. The second-order valence-electron chi connectivity index (χ2n) is 7.15. The first-order chi connectivity index (χ1) is 13.4. The van der Waals surface area contributed by atoms with E-state index in [-0.39, 0.29) is 29.8 Å². The van der Waals surface area contributed by atoms with Crippen LogP contribution in [0.4, 0.5) is 0 Å². The molecule has 2 aliphatic rings. The minimum atomic E-state index is -3.57. The molecule has 1 aliphatic carbocycles. The number of hydrogen-bond acceptors (Lipinski definition) is 4. The molecule has 6 nitrogen and oxygen atoms in total. The third kappa shape index (κ3) is 3.50. The summed E-state index contributed by atoms with van der Waals surface area (Å²) >= 11 is 5.88. The zero-order valence-corrected chi connectivity index (χ0v) is 16.8. The fourth-order valence-corrected chi connectivity index (χ4v) is 5.47. The minimum Gasteiger partial charge on any atom is -0.506 e. The molecular formula is C20H21ClN2O4S. The van der Waals surface area contributed by atoms with E-state index in [0.29, 0.717) is 23.5 Å². The molecule has 28 heavy (non-hydrogen) atoms. The van der Waals surface area contributed by atoms with Gasteiger partial charge in [-0.25, -0.2) is 8.42 Å². The summed E-state index contributed by atoms with van der Waals surface area (Å²) in [7, 11) is -3.57. The second kappa shape index (κ2) is 7.39. The van der Waals surface area contributed by atoms with Crippen LogP contribution in [0.2, 0.25) is 5.02 Å². The molecule has 4 rings (SSSR count). The lowest BCUT2D eigenvalue weighted by molar-refractivity contribution is 0.0698. The van der Waals surface area contributed by atoms with Crippen LogP contribution in [-0.4, -0.2) is 54.8 Å². The van der Waals surface area contributed by atoms with E-state index in [1.807, 2.05) is 6.07 Å². The molecule has 0 aromatic heterocycles. The predicted molar refractivity (Wildman–Crippen MR) is 106 cm³/mol. The number of hydrogen-bond donors (Lipinski definition) is 1. The Hall–Kier alpha value is -2.09. The molecule has 148 valence electrons. The smallest absolute Gasteiger partial charge is 0.253 e. The number of aromatic hydroxyl groups is 1. The standard InChI is InChI=1S/C20H21ClN2O4S/c21-18-13-16(5-7-19(18)24)20(25)22-8-10-23(11-9-22)28(26,27)17-6-4-14-2-1-3-15(14)12-17/h4-7,12-13,24H,1-3,8-11H2. The number of carbonyl (C=O) groups is 1. The summed E-state index contributed by atoms with van der Waals surface area (Å²) in [6.07, 6.45) is 3.01. The number of amides is 1. The number of nitrogens with zero attached hydrogens (tertiary/aromatic N) is 2. The molecule has 2 aromatic rings. The van der Waals surface area contributed by atoms with Gasteiger partial charge in [-0.05, 0) is 60.7 Å². The van der Waals surface area contributed by atoms with Crippen LogP contribution in [0.5, 0.6) is 5.75 Å². The number of fused-ring (bicyclic) bond motifs is 1. The van der Waals surface area contributed by atoms with Crippen LogP contribution in [-0.2, 0) is 22.9 Å². The molecule has 0 atom stereocenters. The van der Waals surface area contributed by atoms with Gasteiger partial charge in [0.2, 0.25) is 10.0 Å². The molecule has 0 bridgehead atoms. The van der Waals surface area contributed by atoms with Gasteiger partial charge in [0.15, 0.2) is 0 Å². The van der Waals surface area contributed by atoms with Crippen molar-refractivity contribution in [3.8, 4) is 5.75 Å². The van der Waals surface area contributed by atoms with Crippen LogP contribution in [0.15, 0.2) is 41.3 Å². The maximum atomic E-state index is 13.0. The lowest BCUT2D eigenvalue weighted by Crippen LogP contribution is -2.50. The third-order valence-electron chi connectivity index (χ3n) is 5.43. The quantitative estimate of drug-likeness (QED) is 0.828. The molecule has 0 unspecified atom stereocenters. The van der Waals surface area contributed by atoms with Gasteiger partial charge in [-0.15, -0.1) is 0 Å². The maximum absolute atomic E-state index is 13.0. The number of rotatable bonds is 3. The Morgan fingerprint density at radius 3 is 2.39 bits per heavy atom. The van der Waals surface area contributed by atoms with Crippen molar-refractivity contribution in [2.75, 3.05) is 26.2 Å². The number of phenolic OH excluding ortho intramolecular Hbond substituents is 1. The molecule has 1 aliphatic heterocycles. The average molecular weight is 421 g/mol. The number of carbonyl (C=O) groups excluding carboxylic acids is 1. The van der Waals surface area contributed by atoms with Gasteiger partial charge in [0.1, 0.15) is 5.75 Å². The van der Waals surface area contributed by atoms with Crippen molar-refractivity contribution in [3.63, 3.8) is 0 Å². The van der Waals surface area contributed by atoms with Gasteiger partial charge in [0, 0.05) is 31.7 Å². The summed E-state index contributed by atoms with van der Waals surface area (Å²) in [5, 5.41) is 9.61. The maximum Gasteiger partial charge on any atom is 0.253 e. The van der Waals surface area contributed by atoms with Crippen molar-refractivity contribution < 1.29 is 18.3 Å². The monoisotopic (exact) mass is 420 g/mol. The zero-order valence-electron chi connectivity index (χ0n) is 15.3. The van der Waals surface area contributed by atoms with E-state index in [4.69, 9.17) is 11.6 Å². The van der Waals surface area contributed by atoms with Gasteiger partial charge in [-0.1, -0.05) is 17.7 Å². The zero-order chi connectivity index (χ0) is 19.9. The Labute approximate surface area is 169 Å². The van der Waals surface area contributed by atoms with Crippen LogP contribution >= 0.6 is 11.6 Å². The molecule has 0 saturated carbocycles. The topological polar surface area (TPSA) is 77.9 Å². The molecule has 2 aromatic carbocycles. The van der Waals surface area contributed by atoms with E-state index in [1.165, 1.54) is 28.1 Å². The van der Waals surface area contributed by atoms with E-state index in [2.05, 4.69) is 0 Å². The fourth-order valence-electron chi connectivity index (χ4n) is 3.81. The lowest BCUT2D eigenvalue weighted by Gasteiger charge is -2.34. The molecule has 1 heterocycles. The summed E-state index contributed by atoms with van der Waals surface area (Å²) < 4.78 is 27.4. The fraction of sp³-hybridized carbons (Fsp3) is 0.350. The van der Waals surface area contributed by atoms with Crippen molar-refractivity contribution in [1.29, 1.82) is 0 Å². The molecule has 1 N–H and O–H groups in total. The Morgan fingerprint density at radius 2 is 1.68 bits per heavy atom. The summed E-state index contributed by atoms with van der Waals surface area (Å²) in [6.45, 7) is 1.11. The van der Waals surface area contributed by atoms with E-state index in [0.717, 1.165) is 24.8 Å². The number of phenols is 1. The first-order valence-electron chi connectivity index (χ1n) is 9.26. The van der Waals surface area contributed by atoms with Crippen molar-refractivity contribution >= 4 is 27.5 Å². The van der Waals surface area contributed by atoms with Crippen molar-refractivity contribution in [1.82, 2.24) is 9.21 Å². The molecule has 1 fully saturated rings. The average Bonchev–Trinajstić information content (AvgIpc) is 3.17. The summed E-state index contributed by atoms with van der Waals surface area (Å²) in [6, 6.07) is 9.72. The molecule has 1 amide bonds. The van der Waals surface area contributed by atoms with E-state index >= 15 is 0 Å². The van der Waals surface area contributed by atoms with Crippen molar-refractivity contribution in [3.05, 3.63) is 58.1 Å². The van der Waals surface area contributed by atoms with Gasteiger partial charge < -0.3 is 10.0 Å². The highest BCUT2D eigenvalue weighted by Gasteiger charge is 2.31. The summed E-state index contributed by atoms with van der Waals surface area (Å²) in [4.78, 5) is 14.6. The van der Waals surface area contributed by atoms with Crippen LogP contribution in [0.1, 0.15) is 27.9 Å². The Morgan fingerprint density at radius 1 is 0.964 bits per heavy atom. The van der Waals surface area contributed by atoms with Gasteiger partial charge in [-0.2, -0.15) is 4.31 Å². The Bertz CT molecular complexity index is 1030. The molecule has 1 saturated heterocycles. The van der Waals surface area contributed by atoms with Crippen LogP contribution < -0.4 is 0 Å². The second-order valence-corrected chi connectivity index (χ2v) is 9.49. The largest absolute Gasteiger partial charge is 0.506 e. The lowest BCUT2D eigenvalue weighted by atomic mass is 10.1. The van der Waals surface area contributed by atoms with Gasteiger partial charge >= 0.3 is 0 Å². The summed E-state index contributed by atoms with van der Waals surface area (Å²) in [5.41, 5.74) is 2.73. The van der Waals surface area contributed by atoms with E-state index in [9.17, 15) is 18.3 Å². The first-order valence-corrected chi connectivity index (χ1v) is 11.1. The van der Waals surface area contributed by atoms with Gasteiger partial charge in [0.25, 0.3) is 5.91 Å². The number of piperazine rings is 1. The van der Waals surface area contributed by atoms with Crippen LogP contribution in [0.3, 0.4) is 0 Å². The minimum absolute atomic E-state index is 0.0801. The van der Waals surface area contributed by atoms with Gasteiger partial charge in [-0.3, -0.25) is 4.79 Å². The third-order valence-corrected chi connectivity index (χ3v) is 7.63. The SMILES string of the molecule is O=C(c1ccc(O)c(Cl)c1)N1CCN(S(=O)(=O)c2ccc3c(c2)CCC3)CC1. The highest BCUT2D eigenvalue weighted by Crippen LogP contribution is 2.27. The Kier molecular flexibility index (Phi) is 5.07. The number of halogens is 1. The number of aryl methyl sites for hydroxylation is 2. The first kappa shape index (κ1) is 19.2. The van der Waals surface area contributed by atoms with Gasteiger partial charge in [0.05, 0.1) is 9.92 Å². The number of sulfonamides is 1. The molecular weight excluding hydrogens is 400 g/mol. The highest BCUT2D eigenvalue weighted by molar-refractivity contribution is 7.89. The van der Waals surface area contributed by atoms with Crippen molar-refractivity contribution in [2.24, 2.45) is 0 Å². The van der Waals surface area contributed by atoms with E-state index < -0.39 is 10.0 Å². The van der Waals surface area contributed by atoms with Crippen molar-refractivity contribution in [2.45, 2.75) is 24.2 Å². The predicted octanol–water partition coefficient (Wildman–Crippen LogP) is 2.68.